The lowest BCUT2D eigenvalue weighted by Crippen LogP contribution is -2.31. The van der Waals surface area contributed by atoms with E-state index in [1.54, 1.807) is 0 Å². The normalized spacial score (nSPS) is 13.9. The lowest BCUT2D eigenvalue weighted by molar-refractivity contribution is 0.101. The highest BCUT2D eigenvalue weighted by Gasteiger charge is 2.25. The second-order valence-electron chi connectivity index (χ2n) is 8.96. The van der Waals surface area contributed by atoms with Crippen LogP contribution in [-0.4, -0.2) is 33.5 Å². The summed E-state index contributed by atoms with van der Waals surface area (Å²) < 4.78 is 2.15. The molecule has 2 aromatic carbocycles. The van der Waals surface area contributed by atoms with E-state index in [2.05, 4.69) is 47.7 Å². The maximum absolute atomic E-state index is 13.4. The first-order valence-electron chi connectivity index (χ1n) is 12.2. The molecule has 5 rings (SSSR count). The zero-order valence-electron chi connectivity index (χ0n) is 20.1. The molecule has 0 radical (unpaired) electrons. The first-order chi connectivity index (χ1) is 16.6. The van der Waals surface area contributed by atoms with E-state index in [1.807, 2.05) is 42.5 Å². The third-order valence-corrected chi connectivity index (χ3v) is 6.86. The number of nitrogens with zero attached hydrogens (tertiary/aromatic N) is 4. The number of anilines is 2. The fourth-order valence-electron chi connectivity index (χ4n) is 4.90. The number of carbonyl (C=O) groups excluding carboxylic acids is 1. The molecular formula is C28H31N5O. The van der Waals surface area contributed by atoms with E-state index in [9.17, 15) is 4.79 Å². The zero-order chi connectivity index (χ0) is 23.7. The number of carbonyl (C=O) groups is 1. The molecule has 0 aliphatic carbocycles. The molecule has 1 aliphatic rings. The van der Waals surface area contributed by atoms with Gasteiger partial charge in [-0.1, -0.05) is 43.3 Å². The lowest BCUT2D eigenvalue weighted by Gasteiger charge is -2.28. The molecular weight excluding hydrogens is 422 g/mol. The van der Waals surface area contributed by atoms with E-state index in [-0.39, 0.29) is 11.7 Å². The highest BCUT2D eigenvalue weighted by atomic mass is 16.2. The summed E-state index contributed by atoms with van der Waals surface area (Å²) in [5.41, 5.74) is 5.98. The van der Waals surface area contributed by atoms with Crippen LogP contribution in [0.25, 0.3) is 16.7 Å². The number of fused-ring (bicyclic) bond motifs is 1. The Morgan fingerprint density at radius 1 is 0.941 bits per heavy atom. The van der Waals surface area contributed by atoms with Crippen LogP contribution in [0.1, 0.15) is 53.6 Å². The Morgan fingerprint density at radius 2 is 1.65 bits per heavy atom. The molecule has 4 aromatic rings. The van der Waals surface area contributed by atoms with E-state index in [1.165, 1.54) is 6.42 Å². The molecule has 0 unspecified atom stereocenters. The fraction of sp³-hybridized carbons (Fsp3) is 0.321. The third-order valence-electron chi connectivity index (χ3n) is 6.86. The van der Waals surface area contributed by atoms with Crippen molar-refractivity contribution in [2.45, 2.75) is 46.5 Å². The van der Waals surface area contributed by atoms with E-state index in [4.69, 9.17) is 9.97 Å². The molecule has 6 heteroatoms. The fourth-order valence-corrected chi connectivity index (χ4v) is 4.90. The molecule has 0 bridgehead atoms. The maximum atomic E-state index is 13.4. The Kier molecular flexibility index (Phi) is 6.05. The van der Waals surface area contributed by atoms with E-state index < -0.39 is 0 Å². The Labute approximate surface area is 200 Å². The van der Waals surface area contributed by atoms with Gasteiger partial charge in [0.15, 0.2) is 5.65 Å². The number of rotatable bonds is 5. The van der Waals surface area contributed by atoms with Gasteiger partial charge in [-0.3, -0.25) is 9.36 Å². The van der Waals surface area contributed by atoms with Crippen LogP contribution in [0.5, 0.6) is 0 Å². The number of nitrogens with one attached hydrogen (secondary N) is 1. The van der Waals surface area contributed by atoms with Gasteiger partial charge < -0.3 is 10.2 Å². The van der Waals surface area contributed by atoms with Crippen molar-refractivity contribution in [3.8, 4) is 5.69 Å². The van der Waals surface area contributed by atoms with Gasteiger partial charge in [-0.2, -0.15) is 0 Å². The molecule has 2 aromatic heterocycles. The summed E-state index contributed by atoms with van der Waals surface area (Å²) in [5.74, 6) is 0.791. The highest BCUT2D eigenvalue weighted by Crippen LogP contribution is 2.35. The average molecular weight is 454 g/mol. The first-order valence-corrected chi connectivity index (χ1v) is 12.2. The predicted octanol–water partition coefficient (Wildman–Crippen LogP) is 5.84. The van der Waals surface area contributed by atoms with Gasteiger partial charge in [0.2, 0.25) is 5.82 Å². The largest absolute Gasteiger partial charge is 0.356 e. The van der Waals surface area contributed by atoms with Gasteiger partial charge >= 0.3 is 0 Å². The topological polar surface area (TPSA) is 63.1 Å². The second-order valence-corrected chi connectivity index (χ2v) is 8.96. The molecule has 3 heterocycles. The van der Waals surface area contributed by atoms with Gasteiger partial charge in [0.25, 0.3) is 5.91 Å². The smallest absolute Gasteiger partial charge is 0.293 e. The highest BCUT2D eigenvalue weighted by molar-refractivity contribution is 6.04. The molecule has 0 saturated carbocycles. The SMILES string of the molecule is CCc1ccccc1NC(=O)c1nc(N2CCCCC2)c2c(C)c(C)n(-c3ccccc3)c2n1. The van der Waals surface area contributed by atoms with Gasteiger partial charge in [0, 0.05) is 30.2 Å². The van der Waals surface area contributed by atoms with Crippen LogP contribution in [0, 0.1) is 13.8 Å². The summed E-state index contributed by atoms with van der Waals surface area (Å²) in [6.07, 6.45) is 4.34. The van der Waals surface area contributed by atoms with Crippen molar-refractivity contribution in [1.29, 1.82) is 0 Å². The quantitative estimate of drug-likeness (QED) is 0.412. The van der Waals surface area contributed by atoms with Gasteiger partial charge in [-0.05, 0) is 68.9 Å². The number of hydrogen-bond acceptors (Lipinski definition) is 4. The summed E-state index contributed by atoms with van der Waals surface area (Å²) in [5, 5.41) is 4.10. The molecule has 1 aliphatic heterocycles. The number of benzene rings is 2. The molecule has 1 fully saturated rings. The minimum atomic E-state index is -0.280. The van der Waals surface area contributed by atoms with Crippen LogP contribution < -0.4 is 10.2 Å². The number of piperidine rings is 1. The van der Waals surface area contributed by atoms with Crippen molar-refractivity contribution >= 4 is 28.4 Å². The number of hydrogen-bond donors (Lipinski definition) is 1. The summed E-state index contributed by atoms with van der Waals surface area (Å²) in [6, 6.07) is 18.1. The first kappa shape index (κ1) is 22.1. The van der Waals surface area contributed by atoms with Gasteiger partial charge in [0.1, 0.15) is 5.82 Å². The predicted molar refractivity (Wildman–Crippen MR) is 138 cm³/mol. The Hall–Kier alpha value is -3.67. The van der Waals surface area contributed by atoms with Crippen molar-refractivity contribution in [2.24, 2.45) is 0 Å². The number of amides is 1. The molecule has 34 heavy (non-hydrogen) atoms. The zero-order valence-corrected chi connectivity index (χ0v) is 20.1. The molecule has 1 amide bonds. The van der Waals surface area contributed by atoms with Crippen LogP contribution in [0.3, 0.4) is 0 Å². The van der Waals surface area contributed by atoms with Crippen molar-refractivity contribution in [3.05, 3.63) is 77.2 Å². The van der Waals surface area contributed by atoms with Gasteiger partial charge in [-0.25, -0.2) is 9.97 Å². The summed E-state index contributed by atoms with van der Waals surface area (Å²) in [7, 11) is 0. The Morgan fingerprint density at radius 3 is 2.38 bits per heavy atom. The van der Waals surface area contributed by atoms with Crippen molar-refractivity contribution in [2.75, 3.05) is 23.3 Å². The number of aryl methyl sites for hydroxylation is 2. The summed E-state index contributed by atoms with van der Waals surface area (Å²) in [6.45, 7) is 8.22. The molecule has 1 N–H and O–H groups in total. The van der Waals surface area contributed by atoms with E-state index >= 15 is 0 Å². The minimum Gasteiger partial charge on any atom is -0.356 e. The van der Waals surface area contributed by atoms with E-state index in [0.717, 1.165) is 77.4 Å². The van der Waals surface area contributed by atoms with Gasteiger partial charge in [0.05, 0.1) is 5.39 Å². The summed E-state index contributed by atoms with van der Waals surface area (Å²) in [4.78, 5) is 25.5. The van der Waals surface area contributed by atoms with Crippen molar-refractivity contribution in [3.63, 3.8) is 0 Å². The molecule has 1 saturated heterocycles. The molecule has 0 atom stereocenters. The standard InChI is InChI=1S/C28H31N5O/c1-4-21-13-9-10-16-23(21)29-28(34)25-30-26(32-17-11-6-12-18-32)24-19(2)20(3)33(27(24)31-25)22-14-7-5-8-15-22/h5,7-10,13-16H,4,6,11-12,17-18H2,1-3H3,(H,29,34). The Bertz CT molecular complexity index is 1340. The second kappa shape index (κ2) is 9.29. The van der Waals surface area contributed by atoms with Crippen molar-refractivity contribution < 1.29 is 4.79 Å². The van der Waals surface area contributed by atoms with Crippen LogP contribution in [0.15, 0.2) is 54.6 Å². The van der Waals surface area contributed by atoms with Crippen LogP contribution in [0.2, 0.25) is 0 Å². The third kappa shape index (κ3) is 3.94. The number of para-hydroxylation sites is 2. The molecule has 0 spiro atoms. The van der Waals surface area contributed by atoms with Crippen LogP contribution in [0.4, 0.5) is 11.5 Å². The van der Waals surface area contributed by atoms with Crippen molar-refractivity contribution in [1.82, 2.24) is 14.5 Å². The van der Waals surface area contributed by atoms with E-state index in [0.29, 0.717) is 0 Å². The average Bonchev–Trinajstić information content (AvgIpc) is 3.14. The maximum Gasteiger partial charge on any atom is 0.293 e. The van der Waals surface area contributed by atoms with Crippen LogP contribution in [-0.2, 0) is 6.42 Å². The summed E-state index contributed by atoms with van der Waals surface area (Å²) >= 11 is 0. The van der Waals surface area contributed by atoms with Crippen LogP contribution >= 0.6 is 0 Å². The minimum absolute atomic E-state index is 0.202. The monoisotopic (exact) mass is 453 g/mol. The Balaban J connectivity index is 1.69. The molecule has 174 valence electrons. The number of aromatic nitrogens is 3. The lowest BCUT2D eigenvalue weighted by atomic mass is 10.1. The molecule has 6 nitrogen and oxygen atoms in total. The van der Waals surface area contributed by atoms with Gasteiger partial charge in [-0.15, -0.1) is 0 Å².